The molecule has 5 nitrogen and oxygen atoms in total. The third-order valence-electron chi connectivity index (χ3n) is 5.87. The normalized spacial score (nSPS) is 15.4. The number of carbonyl (C=O) groups excluding carboxylic acids is 1. The van der Waals surface area contributed by atoms with Crippen molar-refractivity contribution in [1.82, 2.24) is 9.55 Å². The predicted octanol–water partition coefficient (Wildman–Crippen LogP) is 6.19. The minimum atomic E-state index is -0.292. The predicted molar refractivity (Wildman–Crippen MR) is 138 cm³/mol. The number of hydrogen-bond donors (Lipinski definition) is 2. The Kier molecular flexibility index (Phi) is 5.25. The van der Waals surface area contributed by atoms with E-state index in [1.807, 2.05) is 50.2 Å². The average Bonchev–Trinajstić information content (AvgIpc) is 3.12. The summed E-state index contributed by atoms with van der Waals surface area (Å²) in [4.78, 5) is 18.5. The van der Waals surface area contributed by atoms with Crippen molar-refractivity contribution < 1.29 is 4.79 Å². The summed E-state index contributed by atoms with van der Waals surface area (Å²) in [6, 6.07) is 22.1. The molecule has 160 valence electrons. The molecule has 0 spiro atoms. The molecule has 1 unspecified atom stereocenters. The van der Waals surface area contributed by atoms with E-state index >= 15 is 0 Å². The smallest absolute Gasteiger partial charge is 0.255 e. The number of aromatic nitrogens is 2. The van der Waals surface area contributed by atoms with Crippen molar-refractivity contribution >= 4 is 51.2 Å². The molecule has 1 atom stereocenters. The van der Waals surface area contributed by atoms with Gasteiger partial charge in [0.05, 0.1) is 22.6 Å². The Morgan fingerprint density at radius 1 is 1.03 bits per heavy atom. The lowest BCUT2D eigenvalue weighted by Crippen LogP contribution is -2.31. The van der Waals surface area contributed by atoms with Gasteiger partial charge < -0.3 is 10.6 Å². The van der Waals surface area contributed by atoms with E-state index in [2.05, 4.69) is 75.0 Å². The van der Waals surface area contributed by atoms with Crippen molar-refractivity contribution in [2.45, 2.75) is 26.8 Å². The van der Waals surface area contributed by atoms with Crippen molar-refractivity contribution in [2.24, 2.45) is 0 Å². The molecule has 32 heavy (non-hydrogen) atoms. The van der Waals surface area contributed by atoms with E-state index in [9.17, 15) is 4.79 Å². The van der Waals surface area contributed by atoms with Crippen LogP contribution in [0.25, 0.3) is 11.0 Å². The molecule has 0 saturated carbocycles. The third kappa shape index (κ3) is 3.58. The number of para-hydroxylation sites is 2. The first kappa shape index (κ1) is 20.8. The van der Waals surface area contributed by atoms with Crippen LogP contribution in [0.4, 0.5) is 11.6 Å². The van der Waals surface area contributed by atoms with Gasteiger partial charge in [0, 0.05) is 15.0 Å². The highest BCUT2D eigenvalue weighted by Crippen LogP contribution is 2.39. The van der Waals surface area contributed by atoms with Crippen molar-refractivity contribution in [3.63, 3.8) is 0 Å². The Morgan fingerprint density at radius 3 is 2.62 bits per heavy atom. The summed E-state index contributed by atoms with van der Waals surface area (Å²) in [5, 5.41) is 6.52. The van der Waals surface area contributed by atoms with Gasteiger partial charge in [0.2, 0.25) is 5.95 Å². The Morgan fingerprint density at radius 2 is 1.84 bits per heavy atom. The summed E-state index contributed by atoms with van der Waals surface area (Å²) in [5.74, 6) is 0.630. The van der Waals surface area contributed by atoms with Gasteiger partial charge in [-0.2, -0.15) is 0 Å². The highest BCUT2D eigenvalue weighted by Gasteiger charge is 2.34. The van der Waals surface area contributed by atoms with E-state index in [0.717, 1.165) is 43.1 Å². The van der Waals surface area contributed by atoms with Crippen LogP contribution in [0, 0.1) is 17.4 Å². The SMILES string of the molecule is CC1=C(C(=O)Nc2ccc(C)cc2C)C(c2cccc(I)c2)n2c(nc3ccccc32)N1. The fourth-order valence-electron chi connectivity index (χ4n) is 4.39. The van der Waals surface area contributed by atoms with Gasteiger partial charge in [-0.05, 0) is 84.8 Å². The van der Waals surface area contributed by atoms with Crippen LogP contribution in [0.2, 0.25) is 0 Å². The summed E-state index contributed by atoms with van der Waals surface area (Å²) in [7, 11) is 0. The molecule has 1 aliphatic rings. The van der Waals surface area contributed by atoms with Gasteiger partial charge >= 0.3 is 0 Å². The first-order valence-corrected chi connectivity index (χ1v) is 11.6. The molecule has 6 heteroatoms. The number of hydrogen-bond acceptors (Lipinski definition) is 3. The number of allylic oxidation sites excluding steroid dienone is 1. The van der Waals surface area contributed by atoms with Crippen LogP contribution < -0.4 is 10.6 Å². The monoisotopic (exact) mass is 534 g/mol. The van der Waals surface area contributed by atoms with Gasteiger partial charge in [-0.25, -0.2) is 4.98 Å². The van der Waals surface area contributed by atoms with E-state index in [4.69, 9.17) is 4.98 Å². The third-order valence-corrected chi connectivity index (χ3v) is 6.54. The number of aryl methyl sites for hydroxylation is 2. The van der Waals surface area contributed by atoms with Gasteiger partial charge in [0.1, 0.15) is 0 Å². The molecule has 1 amide bonds. The second-order valence-corrected chi connectivity index (χ2v) is 9.43. The fourth-order valence-corrected chi connectivity index (χ4v) is 4.96. The fraction of sp³-hybridized carbons (Fsp3) is 0.154. The molecule has 4 aromatic rings. The zero-order valence-electron chi connectivity index (χ0n) is 18.1. The highest BCUT2D eigenvalue weighted by atomic mass is 127. The molecular formula is C26H23IN4O. The van der Waals surface area contributed by atoms with Crippen LogP contribution in [-0.2, 0) is 4.79 Å². The number of nitrogens with one attached hydrogen (secondary N) is 2. The summed E-state index contributed by atoms with van der Waals surface area (Å²) >= 11 is 2.32. The second-order valence-electron chi connectivity index (χ2n) is 8.19. The zero-order valence-corrected chi connectivity index (χ0v) is 20.3. The number of benzene rings is 3. The van der Waals surface area contributed by atoms with Crippen LogP contribution in [0.1, 0.15) is 29.7 Å². The molecule has 0 saturated heterocycles. The molecule has 2 N–H and O–H groups in total. The minimum absolute atomic E-state index is 0.116. The van der Waals surface area contributed by atoms with Crippen molar-refractivity contribution in [2.75, 3.05) is 10.6 Å². The number of fused-ring (bicyclic) bond motifs is 3. The van der Waals surface area contributed by atoms with Crippen LogP contribution in [0.15, 0.2) is 78.0 Å². The molecule has 3 aromatic carbocycles. The van der Waals surface area contributed by atoms with Gasteiger partial charge in [0.25, 0.3) is 5.91 Å². The lowest BCUT2D eigenvalue weighted by atomic mass is 9.94. The topological polar surface area (TPSA) is 59.0 Å². The van der Waals surface area contributed by atoms with Crippen molar-refractivity contribution in [3.8, 4) is 0 Å². The molecule has 0 bridgehead atoms. The number of nitrogens with zero attached hydrogens (tertiary/aromatic N) is 2. The van der Waals surface area contributed by atoms with E-state index in [0.29, 0.717) is 5.57 Å². The maximum absolute atomic E-state index is 13.7. The maximum Gasteiger partial charge on any atom is 0.255 e. The van der Waals surface area contributed by atoms with E-state index in [1.165, 1.54) is 5.56 Å². The van der Waals surface area contributed by atoms with Crippen molar-refractivity contribution in [3.05, 3.63) is 98.3 Å². The second kappa shape index (κ2) is 8.09. The lowest BCUT2D eigenvalue weighted by Gasteiger charge is -2.31. The number of carbonyl (C=O) groups is 1. The van der Waals surface area contributed by atoms with Crippen LogP contribution in [0.3, 0.4) is 0 Å². The minimum Gasteiger partial charge on any atom is -0.329 e. The van der Waals surface area contributed by atoms with Gasteiger partial charge in [0.15, 0.2) is 0 Å². The van der Waals surface area contributed by atoms with Crippen LogP contribution in [-0.4, -0.2) is 15.5 Å². The first-order valence-electron chi connectivity index (χ1n) is 10.5. The number of amides is 1. The summed E-state index contributed by atoms with van der Waals surface area (Å²) < 4.78 is 3.25. The molecule has 0 fully saturated rings. The standard InChI is InChI=1S/C26H23IN4O/c1-15-11-12-20(16(2)13-15)29-25(32)23-17(3)28-26-30-21-9-4-5-10-22(21)31(26)24(23)18-7-6-8-19(27)14-18/h4-14,24H,1-3H3,(H,28,30)(H,29,32). The largest absolute Gasteiger partial charge is 0.329 e. The number of rotatable bonds is 3. The Bertz CT molecular complexity index is 1400. The maximum atomic E-state index is 13.7. The molecule has 0 radical (unpaired) electrons. The number of imidazole rings is 1. The summed E-state index contributed by atoms with van der Waals surface area (Å²) in [5.41, 5.74) is 7.46. The quantitative estimate of drug-likeness (QED) is 0.309. The molecule has 5 rings (SSSR count). The first-order chi connectivity index (χ1) is 15.4. The average molecular weight is 534 g/mol. The van der Waals surface area contributed by atoms with Crippen LogP contribution >= 0.6 is 22.6 Å². The summed E-state index contributed by atoms with van der Waals surface area (Å²) in [6.07, 6.45) is 0. The Labute approximate surface area is 200 Å². The molecule has 1 aliphatic heterocycles. The Balaban J connectivity index is 1.67. The lowest BCUT2D eigenvalue weighted by molar-refractivity contribution is -0.113. The number of halogens is 1. The Hall–Kier alpha value is -3.13. The molecule has 1 aromatic heterocycles. The molecular weight excluding hydrogens is 511 g/mol. The van der Waals surface area contributed by atoms with Gasteiger partial charge in [-0.3, -0.25) is 9.36 Å². The molecule has 0 aliphatic carbocycles. The van der Waals surface area contributed by atoms with E-state index in [1.54, 1.807) is 0 Å². The molecule has 2 heterocycles. The zero-order chi connectivity index (χ0) is 22.4. The van der Waals surface area contributed by atoms with Gasteiger partial charge in [-0.15, -0.1) is 0 Å². The van der Waals surface area contributed by atoms with Crippen molar-refractivity contribution in [1.29, 1.82) is 0 Å². The highest BCUT2D eigenvalue weighted by molar-refractivity contribution is 14.1. The van der Waals surface area contributed by atoms with Gasteiger partial charge in [-0.1, -0.05) is 42.0 Å². The van der Waals surface area contributed by atoms with E-state index < -0.39 is 0 Å². The number of anilines is 2. The van der Waals surface area contributed by atoms with E-state index in [-0.39, 0.29) is 11.9 Å². The summed E-state index contributed by atoms with van der Waals surface area (Å²) in [6.45, 7) is 6.01. The van der Waals surface area contributed by atoms with Crippen LogP contribution in [0.5, 0.6) is 0 Å².